The molecule has 0 bridgehead atoms. The Morgan fingerprint density at radius 3 is 2.32 bits per heavy atom. The second-order valence-electron chi connectivity index (χ2n) is 5.58. The Balaban J connectivity index is 2.14. The maximum atomic E-state index is 12.4. The Bertz CT molecular complexity index is 625. The number of carbonyl (C=O) groups is 1. The van der Waals surface area contributed by atoms with Crippen LogP contribution in [-0.2, 0) is 14.8 Å². The fourth-order valence-corrected chi connectivity index (χ4v) is 3.58. The lowest BCUT2D eigenvalue weighted by atomic mass is 10.3. The summed E-state index contributed by atoms with van der Waals surface area (Å²) in [6.45, 7) is 3.00. The second-order valence-corrected chi connectivity index (χ2v) is 8.74. The van der Waals surface area contributed by atoms with E-state index in [0.29, 0.717) is 18.8 Å². The summed E-state index contributed by atoms with van der Waals surface area (Å²) in [5, 5.41) is 0. The van der Waals surface area contributed by atoms with E-state index in [0.717, 1.165) is 22.9 Å². The molecule has 1 amide bonds. The summed E-state index contributed by atoms with van der Waals surface area (Å²) >= 11 is 2.16. The molecule has 1 saturated heterocycles. The first-order valence-electron chi connectivity index (χ1n) is 7.10. The highest BCUT2D eigenvalue weighted by Gasteiger charge is 2.26. The molecule has 1 aliphatic heterocycles. The Morgan fingerprint density at radius 1 is 1.27 bits per heavy atom. The van der Waals surface area contributed by atoms with Crippen LogP contribution in [0.25, 0.3) is 0 Å². The van der Waals surface area contributed by atoms with Crippen LogP contribution in [0.3, 0.4) is 0 Å². The second kappa shape index (κ2) is 7.14. The van der Waals surface area contributed by atoms with Gasteiger partial charge in [-0.2, -0.15) is 0 Å². The van der Waals surface area contributed by atoms with Gasteiger partial charge in [0.15, 0.2) is 0 Å². The summed E-state index contributed by atoms with van der Waals surface area (Å²) in [6, 6.07) is 7.12. The van der Waals surface area contributed by atoms with Gasteiger partial charge in [0.25, 0.3) is 0 Å². The Kier molecular flexibility index (Phi) is 5.67. The molecule has 0 aliphatic carbocycles. The quantitative estimate of drug-likeness (QED) is 0.640. The fourth-order valence-electron chi connectivity index (χ4n) is 2.37. The van der Waals surface area contributed by atoms with Gasteiger partial charge in [0.05, 0.1) is 45.2 Å². The van der Waals surface area contributed by atoms with Gasteiger partial charge >= 0.3 is 0 Å². The number of quaternary nitrogens is 1. The van der Waals surface area contributed by atoms with E-state index in [9.17, 15) is 13.2 Å². The van der Waals surface area contributed by atoms with Gasteiger partial charge in [0.1, 0.15) is 6.54 Å². The van der Waals surface area contributed by atoms with Gasteiger partial charge in [-0.3, -0.25) is 9.10 Å². The number of benzene rings is 1. The number of nitrogens with zero attached hydrogens (tertiary/aromatic N) is 2. The van der Waals surface area contributed by atoms with Crippen LogP contribution in [0.2, 0.25) is 0 Å². The maximum absolute atomic E-state index is 12.4. The van der Waals surface area contributed by atoms with Crippen molar-refractivity contribution < 1.29 is 18.1 Å². The summed E-state index contributed by atoms with van der Waals surface area (Å²) < 4.78 is 26.3. The van der Waals surface area contributed by atoms with Crippen molar-refractivity contribution in [1.29, 1.82) is 0 Å². The molecule has 6 nitrogen and oxygen atoms in total. The molecular formula is C14H21IN3O3S+. The lowest BCUT2D eigenvalue weighted by Crippen LogP contribution is -3.12. The lowest BCUT2D eigenvalue weighted by molar-refractivity contribution is -0.883. The number of hydrogen-bond acceptors (Lipinski definition) is 3. The number of carbonyl (C=O) groups excluding carboxylic acids is 1. The summed E-state index contributed by atoms with van der Waals surface area (Å²) in [6.07, 6.45) is 1.13. The minimum atomic E-state index is -3.50. The van der Waals surface area contributed by atoms with E-state index in [1.54, 1.807) is 17.0 Å². The van der Waals surface area contributed by atoms with Gasteiger partial charge in [-0.25, -0.2) is 8.42 Å². The number of nitrogens with one attached hydrogen (secondary N) is 1. The van der Waals surface area contributed by atoms with Crippen LogP contribution >= 0.6 is 22.6 Å². The van der Waals surface area contributed by atoms with Crippen molar-refractivity contribution in [2.45, 2.75) is 0 Å². The van der Waals surface area contributed by atoms with Crippen LogP contribution in [-0.4, -0.2) is 65.3 Å². The molecule has 122 valence electrons. The largest absolute Gasteiger partial charge is 0.334 e. The van der Waals surface area contributed by atoms with Gasteiger partial charge in [0.2, 0.25) is 15.9 Å². The van der Waals surface area contributed by atoms with Crippen LogP contribution < -0.4 is 9.21 Å². The SMILES string of the molecule is C[NH+]1CCN(C(=O)CN(c2ccc(I)cc2)S(C)(=O)=O)CC1. The summed E-state index contributed by atoms with van der Waals surface area (Å²) in [4.78, 5) is 15.5. The zero-order chi connectivity index (χ0) is 16.3. The molecule has 1 heterocycles. The molecule has 1 fully saturated rings. The molecule has 0 aromatic heterocycles. The normalized spacial score (nSPS) is 16.6. The van der Waals surface area contributed by atoms with Crippen molar-refractivity contribution in [1.82, 2.24) is 4.90 Å². The molecule has 1 aliphatic rings. The first-order valence-corrected chi connectivity index (χ1v) is 10.0. The highest BCUT2D eigenvalue weighted by molar-refractivity contribution is 14.1. The number of rotatable bonds is 4. The Labute approximate surface area is 145 Å². The van der Waals surface area contributed by atoms with Gasteiger partial charge in [-0.15, -0.1) is 0 Å². The molecule has 0 unspecified atom stereocenters. The molecular weight excluding hydrogens is 417 g/mol. The molecule has 1 N–H and O–H groups in total. The molecule has 0 atom stereocenters. The van der Waals surface area contributed by atoms with E-state index in [1.807, 2.05) is 12.1 Å². The predicted molar refractivity (Wildman–Crippen MR) is 94.5 cm³/mol. The molecule has 8 heteroatoms. The van der Waals surface area contributed by atoms with Crippen molar-refractivity contribution in [3.8, 4) is 0 Å². The van der Waals surface area contributed by atoms with Gasteiger partial charge in [-0.1, -0.05) is 0 Å². The molecule has 2 rings (SSSR count). The smallest absolute Gasteiger partial charge is 0.243 e. The molecule has 1 aromatic carbocycles. The first kappa shape index (κ1) is 17.5. The third-order valence-electron chi connectivity index (χ3n) is 3.76. The number of anilines is 1. The standard InChI is InChI=1S/C14H20IN3O3S/c1-16-7-9-17(10-8-16)14(19)11-18(22(2,20)21)13-5-3-12(15)4-6-13/h3-6H,7-11H2,1-2H3/p+1. The number of hydrogen-bond donors (Lipinski definition) is 1. The zero-order valence-corrected chi connectivity index (χ0v) is 15.7. The van der Waals surface area contributed by atoms with Crippen LogP contribution in [0.4, 0.5) is 5.69 Å². The highest BCUT2D eigenvalue weighted by atomic mass is 127. The average Bonchev–Trinajstić information content (AvgIpc) is 2.45. The van der Waals surface area contributed by atoms with Crippen molar-refractivity contribution >= 4 is 44.2 Å². The summed E-state index contributed by atoms with van der Waals surface area (Å²) in [7, 11) is -1.40. The summed E-state index contributed by atoms with van der Waals surface area (Å²) in [5.74, 6) is -0.142. The van der Waals surface area contributed by atoms with Gasteiger partial charge in [-0.05, 0) is 46.9 Å². The van der Waals surface area contributed by atoms with Gasteiger partial charge < -0.3 is 9.80 Å². The Hall–Kier alpha value is -0.870. The van der Waals surface area contributed by atoms with Crippen LogP contribution in [0, 0.1) is 3.57 Å². The van der Waals surface area contributed by atoms with Crippen molar-refractivity contribution in [2.75, 3.05) is 50.3 Å². The third-order valence-corrected chi connectivity index (χ3v) is 5.62. The monoisotopic (exact) mass is 438 g/mol. The van der Waals surface area contributed by atoms with Crippen LogP contribution in [0.5, 0.6) is 0 Å². The van der Waals surface area contributed by atoms with Gasteiger partial charge in [0, 0.05) is 3.57 Å². The number of piperazine rings is 1. The maximum Gasteiger partial charge on any atom is 0.243 e. The molecule has 0 saturated carbocycles. The van der Waals surface area contributed by atoms with Crippen LogP contribution in [0.15, 0.2) is 24.3 Å². The van der Waals surface area contributed by atoms with Crippen molar-refractivity contribution in [3.05, 3.63) is 27.8 Å². The van der Waals surface area contributed by atoms with Crippen molar-refractivity contribution in [2.24, 2.45) is 0 Å². The number of halogens is 1. The molecule has 22 heavy (non-hydrogen) atoms. The zero-order valence-electron chi connectivity index (χ0n) is 12.8. The highest BCUT2D eigenvalue weighted by Crippen LogP contribution is 2.19. The third kappa shape index (κ3) is 4.56. The van der Waals surface area contributed by atoms with E-state index < -0.39 is 10.0 Å². The van der Waals surface area contributed by atoms with E-state index >= 15 is 0 Å². The molecule has 0 radical (unpaired) electrons. The summed E-state index contributed by atoms with van der Waals surface area (Å²) in [5.41, 5.74) is 0.524. The first-order chi connectivity index (χ1) is 10.3. The van der Waals surface area contributed by atoms with E-state index in [1.165, 1.54) is 9.21 Å². The minimum absolute atomic E-state index is 0.140. The number of sulfonamides is 1. The lowest BCUT2D eigenvalue weighted by Gasteiger charge is -2.32. The number of likely N-dealkylation sites (N-methyl/N-ethyl adjacent to an activating group) is 1. The topological polar surface area (TPSA) is 62.1 Å². The van der Waals surface area contributed by atoms with Crippen molar-refractivity contribution in [3.63, 3.8) is 0 Å². The number of amides is 1. The predicted octanol–water partition coefficient (Wildman–Crippen LogP) is -0.586. The van der Waals surface area contributed by atoms with E-state index in [4.69, 9.17) is 0 Å². The van der Waals surface area contributed by atoms with E-state index in [-0.39, 0.29) is 12.5 Å². The van der Waals surface area contributed by atoms with Crippen LogP contribution in [0.1, 0.15) is 0 Å². The Morgan fingerprint density at radius 2 is 1.82 bits per heavy atom. The van der Waals surface area contributed by atoms with E-state index in [2.05, 4.69) is 29.6 Å². The molecule has 0 spiro atoms. The molecule has 1 aromatic rings. The fraction of sp³-hybridized carbons (Fsp3) is 0.500. The average molecular weight is 438 g/mol. The minimum Gasteiger partial charge on any atom is -0.334 e.